The maximum atomic E-state index is 13.2. The molecule has 0 aliphatic carbocycles. The normalized spacial score (nSPS) is 15.9. The standard InChI is InChI=1S/C28H29F6N3O/c1-38-25-9-5-8-24(17-25)36-10-12-37(13-11-36)26(21-6-3-2-4-7-21)19-35-18-20-14-22(27(29,30)31)16-23(15-20)28(32,33)34/h2-9,14-17,26,35H,10-13,18-19H2,1H3. The predicted molar refractivity (Wildman–Crippen MR) is 134 cm³/mol. The number of nitrogens with zero attached hydrogens (tertiary/aromatic N) is 2. The summed E-state index contributed by atoms with van der Waals surface area (Å²) < 4.78 is 84.8. The molecule has 3 aromatic rings. The number of hydrogen-bond acceptors (Lipinski definition) is 4. The van der Waals surface area contributed by atoms with Crippen LogP contribution in [0.1, 0.15) is 28.3 Å². The van der Waals surface area contributed by atoms with Crippen molar-refractivity contribution >= 4 is 5.69 Å². The summed E-state index contributed by atoms with van der Waals surface area (Å²) in [4.78, 5) is 4.54. The number of methoxy groups -OCH3 is 1. The second-order valence-corrected chi connectivity index (χ2v) is 9.20. The molecule has 1 heterocycles. The summed E-state index contributed by atoms with van der Waals surface area (Å²) >= 11 is 0. The molecule has 1 unspecified atom stereocenters. The van der Waals surface area contributed by atoms with Crippen molar-refractivity contribution in [1.29, 1.82) is 0 Å². The van der Waals surface area contributed by atoms with Crippen molar-refractivity contribution in [1.82, 2.24) is 10.2 Å². The quantitative estimate of drug-likeness (QED) is 0.337. The average molecular weight is 538 g/mol. The highest BCUT2D eigenvalue weighted by atomic mass is 19.4. The van der Waals surface area contributed by atoms with Gasteiger partial charge in [-0.3, -0.25) is 4.90 Å². The Morgan fingerprint density at radius 3 is 2.00 bits per heavy atom. The van der Waals surface area contributed by atoms with Gasteiger partial charge in [0.1, 0.15) is 5.75 Å². The average Bonchev–Trinajstić information content (AvgIpc) is 2.91. The van der Waals surface area contributed by atoms with E-state index >= 15 is 0 Å². The number of benzene rings is 3. The Kier molecular flexibility index (Phi) is 8.52. The molecular formula is C28H29F6N3O. The van der Waals surface area contributed by atoms with Gasteiger partial charge in [0.15, 0.2) is 0 Å². The van der Waals surface area contributed by atoms with Crippen molar-refractivity contribution in [2.75, 3.05) is 44.7 Å². The molecule has 1 fully saturated rings. The number of rotatable bonds is 8. The molecule has 204 valence electrons. The van der Waals surface area contributed by atoms with E-state index in [-0.39, 0.29) is 24.2 Å². The van der Waals surface area contributed by atoms with Gasteiger partial charge in [0.05, 0.1) is 18.2 Å². The van der Waals surface area contributed by atoms with Gasteiger partial charge in [-0.05, 0) is 41.5 Å². The molecular weight excluding hydrogens is 508 g/mol. The van der Waals surface area contributed by atoms with Gasteiger partial charge in [-0.1, -0.05) is 36.4 Å². The molecule has 1 aliphatic rings. The maximum Gasteiger partial charge on any atom is 0.416 e. The molecule has 4 nitrogen and oxygen atoms in total. The third-order valence-corrected chi connectivity index (χ3v) is 6.67. The van der Waals surface area contributed by atoms with Crippen molar-refractivity contribution in [3.8, 4) is 5.75 Å². The first-order chi connectivity index (χ1) is 18.0. The Labute approximate surface area is 217 Å². The molecule has 3 aromatic carbocycles. The molecule has 0 bridgehead atoms. The predicted octanol–water partition coefficient (Wildman–Crippen LogP) is 6.39. The maximum absolute atomic E-state index is 13.2. The molecule has 38 heavy (non-hydrogen) atoms. The van der Waals surface area contributed by atoms with Crippen LogP contribution in [0.3, 0.4) is 0 Å². The zero-order chi connectivity index (χ0) is 27.3. The van der Waals surface area contributed by atoms with E-state index in [2.05, 4.69) is 15.1 Å². The molecule has 10 heteroatoms. The Hall–Kier alpha value is -3.24. The van der Waals surface area contributed by atoms with E-state index in [0.717, 1.165) is 55.3 Å². The van der Waals surface area contributed by atoms with Crippen LogP contribution in [0, 0.1) is 0 Å². The van der Waals surface area contributed by atoms with Gasteiger partial charge in [0, 0.05) is 57.1 Å². The first-order valence-corrected chi connectivity index (χ1v) is 12.2. The fourth-order valence-corrected chi connectivity index (χ4v) is 4.71. The van der Waals surface area contributed by atoms with E-state index in [0.29, 0.717) is 6.54 Å². The summed E-state index contributed by atoms with van der Waals surface area (Å²) in [5.41, 5.74) is -0.602. The van der Waals surface area contributed by atoms with Crippen LogP contribution in [0.4, 0.5) is 32.0 Å². The third-order valence-electron chi connectivity index (χ3n) is 6.67. The highest BCUT2D eigenvalue weighted by molar-refractivity contribution is 5.51. The van der Waals surface area contributed by atoms with E-state index in [4.69, 9.17) is 4.74 Å². The number of alkyl halides is 6. The first kappa shape index (κ1) is 27.8. The van der Waals surface area contributed by atoms with Crippen molar-refractivity contribution in [2.45, 2.75) is 24.9 Å². The van der Waals surface area contributed by atoms with Gasteiger partial charge in [-0.25, -0.2) is 0 Å². The molecule has 0 radical (unpaired) electrons. The highest BCUT2D eigenvalue weighted by Gasteiger charge is 2.37. The largest absolute Gasteiger partial charge is 0.497 e. The van der Waals surface area contributed by atoms with Gasteiger partial charge in [0.2, 0.25) is 0 Å². The number of piperazine rings is 1. The van der Waals surface area contributed by atoms with Crippen LogP contribution in [0.25, 0.3) is 0 Å². The SMILES string of the molecule is COc1cccc(N2CCN(C(CNCc3cc(C(F)(F)F)cc(C(F)(F)F)c3)c3ccccc3)CC2)c1. The van der Waals surface area contributed by atoms with Gasteiger partial charge in [-0.2, -0.15) is 26.3 Å². The van der Waals surface area contributed by atoms with Crippen molar-refractivity contribution in [3.63, 3.8) is 0 Å². The topological polar surface area (TPSA) is 27.7 Å². The van der Waals surface area contributed by atoms with Gasteiger partial charge in [-0.15, -0.1) is 0 Å². The lowest BCUT2D eigenvalue weighted by molar-refractivity contribution is -0.143. The van der Waals surface area contributed by atoms with E-state index in [1.807, 2.05) is 54.6 Å². The molecule has 0 saturated carbocycles. The monoisotopic (exact) mass is 537 g/mol. The molecule has 1 atom stereocenters. The summed E-state index contributed by atoms with van der Waals surface area (Å²) in [6.07, 6.45) is -9.74. The molecule has 0 aromatic heterocycles. The number of nitrogens with one attached hydrogen (secondary N) is 1. The van der Waals surface area contributed by atoms with Gasteiger partial charge < -0.3 is 15.0 Å². The first-order valence-electron chi connectivity index (χ1n) is 12.2. The minimum absolute atomic E-state index is 0.0678. The summed E-state index contributed by atoms with van der Waals surface area (Å²) in [5.74, 6) is 0.777. The minimum Gasteiger partial charge on any atom is -0.497 e. The zero-order valence-electron chi connectivity index (χ0n) is 20.8. The molecule has 1 N–H and O–H groups in total. The molecule has 1 aliphatic heterocycles. The lowest BCUT2D eigenvalue weighted by Gasteiger charge is -2.40. The Balaban J connectivity index is 1.46. The number of anilines is 1. The van der Waals surface area contributed by atoms with Crippen molar-refractivity contribution in [2.24, 2.45) is 0 Å². The summed E-state index contributed by atoms with van der Waals surface area (Å²) in [5, 5.41) is 3.11. The molecule has 0 amide bonds. The van der Waals surface area contributed by atoms with E-state index in [9.17, 15) is 26.3 Å². The minimum atomic E-state index is -4.87. The van der Waals surface area contributed by atoms with E-state index in [1.165, 1.54) is 0 Å². The lowest BCUT2D eigenvalue weighted by Crippen LogP contribution is -2.49. The van der Waals surface area contributed by atoms with Gasteiger partial charge in [0.25, 0.3) is 0 Å². The van der Waals surface area contributed by atoms with Crippen LogP contribution in [0.15, 0.2) is 72.8 Å². The second kappa shape index (κ2) is 11.7. The molecule has 1 saturated heterocycles. The fourth-order valence-electron chi connectivity index (χ4n) is 4.71. The third kappa shape index (κ3) is 6.99. The van der Waals surface area contributed by atoms with Crippen molar-refractivity contribution < 1.29 is 31.1 Å². The van der Waals surface area contributed by atoms with Crippen LogP contribution in [-0.4, -0.2) is 44.7 Å². The molecule has 4 rings (SSSR count). The smallest absolute Gasteiger partial charge is 0.416 e. The van der Waals surface area contributed by atoms with Crippen LogP contribution < -0.4 is 15.0 Å². The Morgan fingerprint density at radius 2 is 1.42 bits per heavy atom. The summed E-state index contributed by atoms with van der Waals surface area (Å²) in [7, 11) is 1.62. The zero-order valence-corrected chi connectivity index (χ0v) is 20.8. The Bertz CT molecular complexity index is 1160. The number of halogens is 6. The summed E-state index contributed by atoms with van der Waals surface area (Å²) in [6.45, 7) is 3.24. The van der Waals surface area contributed by atoms with Crippen LogP contribution >= 0.6 is 0 Å². The summed E-state index contributed by atoms with van der Waals surface area (Å²) in [6, 6.07) is 19.1. The second-order valence-electron chi connectivity index (χ2n) is 9.20. The number of hydrogen-bond donors (Lipinski definition) is 1. The number of ether oxygens (including phenoxy) is 1. The Morgan fingerprint density at radius 1 is 0.789 bits per heavy atom. The van der Waals surface area contributed by atoms with E-state index in [1.54, 1.807) is 7.11 Å². The van der Waals surface area contributed by atoms with E-state index < -0.39 is 23.5 Å². The van der Waals surface area contributed by atoms with Crippen LogP contribution in [0.5, 0.6) is 5.75 Å². The highest BCUT2D eigenvalue weighted by Crippen LogP contribution is 2.36. The van der Waals surface area contributed by atoms with Crippen molar-refractivity contribution in [3.05, 3.63) is 95.1 Å². The van der Waals surface area contributed by atoms with Crippen LogP contribution in [0.2, 0.25) is 0 Å². The molecule has 0 spiro atoms. The van der Waals surface area contributed by atoms with Gasteiger partial charge >= 0.3 is 12.4 Å². The fraction of sp³-hybridized carbons (Fsp3) is 0.357. The lowest BCUT2D eigenvalue weighted by atomic mass is 10.0. The van der Waals surface area contributed by atoms with Crippen LogP contribution in [-0.2, 0) is 18.9 Å².